The molecule has 2 aliphatic rings. The van der Waals surface area contributed by atoms with Crippen molar-refractivity contribution in [3.05, 3.63) is 129 Å². The minimum atomic E-state index is -0.635. The fourth-order valence-corrected chi connectivity index (χ4v) is 4.88. The highest BCUT2D eigenvalue weighted by Crippen LogP contribution is 2.34. The second-order valence-electron chi connectivity index (χ2n) is 10.4. The molecule has 8 heteroatoms. The quantitative estimate of drug-likeness (QED) is 0.201. The van der Waals surface area contributed by atoms with Crippen LogP contribution in [0.5, 0.6) is 11.5 Å². The second-order valence-corrected chi connectivity index (χ2v) is 10.4. The van der Waals surface area contributed by atoms with Crippen LogP contribution >= 0.6 is 0 Å². The maximum absolute atomic E-state index is 11.8. The first-order chi connectivity index (χ1) is 19.7. The zero-order chi connectivity index (χ0) is 28.7. The Balaban J connectivity index is 1.07. The van der Waals surface area contributed by atoms with Crippen LogP contribution in [0, 0.1) is 0 Å². The monoisotopic (exact) mass is 548 g/mol. The second kappa shape index (κ2) is 10.1. The van der Waals surface area contributed by atoms with E-state index in [-0.39, 0.29) is 40.9 Å². The Kier molecular flexibility index (Phi) is 6.38. The smallest absolute Gasteiger partial charge is 0.346 e. The lowest BCUT2D eigenvalue weighted by atomic mass is 9.78. The van der Waals surface area contributed by atoms with Crippen LogP contribution in [-0.4, -0.2) is 23.9 Å². The molecule has 0 saturated heterocycles. The molecule has 0 fully saturated rings. The third kappa shape index (κ3) is 4.96. The number of esters is 4. The summed E-state index contributed by atoms with van der Waals surface area (Å²) in [5.74, 6) is -1.16. The van der Waals surface area contributed by atoms with Gasteiger partial charge in [-0.25, -0.2) is 19.2 Å². The van der Waals surface area contributed by atoms with Gasteiger partial charge in [0.15, 0.2) is 0 Å². The van der Waals surface area contributed by atoms with E-state index in [4.69, 9.17) is 9.47 Å². The highest BCUT2D eigenvalue weighted by atomic mass is 16.6. The van der Waals surface area contributed by atoms with Crippen molar-refractivity contribution >= 4 is 23.9 Å². The van der Waals surface area contributed by atoms with Crippen molar-refractivity contribution in [1.82, 2.24) is 0 Å². The highest BCUT2D eigenvalue weighted by Gasteiger charge is 2.30. The van der Waals surface area contributed by atoms with E-state index in [9.17, 15) is 19.2 Å². The van der Waals surface area contributed by atoms with Crippen LogP contribution in [0.4, 0.5) is 0 Å². The highest BCUT2D eigenvalue weighted by molar-refractivity contribution is 6.15. The number of ether oxygens (including phenoxy) is 4. The van der Waals surface area contributed by atoms with E-state index in [0.29, 0.717) is 11.5 Å². The van der Waals surface area contributed by atoms with Crippen molar-refractivity contribution < 1.29 is 38.1 Å². The molecule has 2 heterocycles. The minimum Gasteiger partial charge on any atom is -0.489 e. The van der Waals surface area contributed by atoms with E-state index in [1.165, 1.54) is 0 Å². The molecule has 0 radical (unpaired) electrons. The van der Waals surface area contributed by atoms with Gasteiger partial charge in [0.2, 0.25) is 0 Å². The first-order valence-corrected chi connectivity index (χ1v) is 12.9. The number of benzene rings is 4. The van der Waals surface area contributed by atoms with E-state index in [2.05, 4.69) is 23.3 Å². The van der Waals surface area contributed by atoms with Gasteiger partial charge in [-0.2, -0.15) is 0 Å². The Bertz CT molecular complexity index is 1590. The van der Waals surface area contributed by atoms with Gasteiger partial charge in [0.25, 0.3) is 0 Å². The number of fused-ring (bicyclic) bond motifs is 2. The SMILES string of the molecule is CC(C)(c1ccc(OCc2ccc3c(c2)C(=O)OC3=O)cc1)c1ccc(OCc2ccc3c(c2)C(=O)OC3=O)cc1. The molecule has 0 saturated carbocycles. The zero-order valence-corrected chi connectivity index (χ0v) is 22.3. The van der Waals surface area contributed by atoms with Gasteiger partial charge >= 0.3 is 23.9 Å². The van der Waals surface area contributed by atoms with Crippen molar-refractivity contribution in [2.75, 3.05) is 0 Å². The van der Waals surface area contributed by atoms with Crippen LogP contribution in [0.15, 0.2) is 84.9 Å². The molecule has 4 aromatic carbocycles. The molecule has 4 aromatic rings. The molecule has 41 heavy (non-hydrogen) atoms. The van der Waals surface area contributed by atoms with Crippen LogP contribution in [0.25, 0.3) is 0 Å². The van der Waals surface area contributed by atoms with Gasteiger partial charge in [-0.15, -0.1) is 0 Å². The topological polar surface area (TPSA) is 105 Å². The molecule has 2 aliphatic heterocycles. The Hall–Kier alpha value is -5.24. The lowest BCUT2D eigenvalue weighted by Gasteiger charge is -2.26. The van der Waals surface area contributed by atoms with Crippen LogP contribution in [0.2, 0.25) is 0 Å². The molecular formula is C33H24O8. The van der Waals surface area contributed by atoms with E-state index < -0.39 is 23.9 Å². The van der Waals surface area contributed by atoms with E-state index in [0.717, 1.165) is 22.3 Å². The summed E-state index contributed by atoms with van der Waals surface area (Å²) < 4.78 is 21.1. The molecule has 0 N–H and O–H groups in total. The van der Waals surface area contributed by atoms with Gasteiger partial charge in [0.1, 0.15) is 24.7 Å². The molecule has 0 aromatic heterocycles. The number of carbonyl (C=O) groups is 4. The first kappa shape index (κ1) is 26.0. The van der Waals surface area contributed by atoms with Gasteiger partial charge in [0.05, 0.1) is 22.3 Å². The summed E-state index contributed by atoms with van der Waals surface area (Å²) in [6.07, 6.45) is 0. The summed E-state index contributed by atoms with van der Waals surface area (Å²) in [5.41, 5.74) is 4.48. The Labute approximate surface area is 235 Å². The molecule has 0 unspecified atom stereocenters. The van der Waals surface area contributed by atoms with Gasteiger partial charge in [-0.1, -0.05) is 50.2 Å². The molecule has 0 spiro atoms. The minimum absolute atomic E-state index is 0.243. The third-order valence-corrected chi connectivity index (χ3v) is 7.38. The molecule has 8 nitrogen and oxygen atoms in total. The number of rotatable bonds is 8. The third-order valence-electron chi connectivity index (χ3n) is 7.38. The molecule has 6 rings (SSSR count). The Morgan fingerprint density at radius 2 is 0.878 bits per heavy atom. The normalized spacial score (nSPS) is 13.9. The van der Waals surface area contributed by atoms with Crippen molar-refractivity contribution in [3.8, 4) is 11.5 Å². The van der Waals surface area contributed by atoms with Gasteiger partial charge in [-0.05, 0) is 70.8 Å². The number of carbonyl (C=O) groups excluding carboxylic acids is 4. The Morgan fingerprint density at radius 1 is 0.512 bits per heavy atom. The number of hydrogen-bond donors (Lipinski definition) is 0. The van der Waals surface area contributed by atoms with Crippen molar-refractivity contribution in [2.45, 2.75) is 32.5 Å². The molecule has 0 bridgehead atoms. The number of cyclic esters (lactones) is 4. The largest absolute Gasteiger partial charge is 0.489 e. The molecule has 204 valence electrons. The molecule has 0 atom stereocenters. The summed E-state index contributed by atoms with van der Waals surface area (Å²) in [4.78, 5) is 46.9. The zero-order valence-electron chi connectivity index (χ0n) is 22.3. The van der Waals surface area contributed by atoms with Crippen molar-refractivity contribution in [3.63, 3.8) is 0 Å². The van der Waals surface area contributed by atoms with Gasteiger partial charge in [0, 0.05) is 5.41 Å². The molecular weight excluding hydrogens is 524 g/mol. The predicted octanol–water partition coefficient (Wildman–Crippen LogP) is 5.79. The summed E-state index contributed by atoms with van der Waals surface area (Å²) in [6.45, 7) is 4.75. The average Bonchev–Trinajstić information content (AvgIpc) is 3.43. The number of hydrogen-bond acceptors (Lipinski definition) is 8. The average molecular weight is 549 g/mol. The lowest BCUT2D eigenvalue weighted by molar-refractivity contribution is 0.0425. The Morgan fingerprint density at radius 3 is 1.27 bits per heavy atom. The van der Waals surface area contributed by atoms with Crippen molar-refractivity contribution in [2.24, 2.45) is 0 Å². The summed E-state index contributed by atoms with van der Waals surface area (Å²) in [7, 11) is 0. The maximum Gasteiger partial charge on any atom is 0.346 e. The predicted molar refractivity (Wildman–Crippen MR) is 146 cm³/mol. The summed E-state index contributed by atoms with van der Waals surface area (Å²) >= 11 is 0. The van der Waals surface area contributed by atoms with Crippen LogP contribution in [0.3, 0.4) is 0 Å². The maximum atomic E-state index is 11.8. The van der Waals surface area contributed by atoms with Crippen LogP contribution in [0.1, 0.15) is 77.5 Å². The lowest BCUT2D eigenvalue weighted by Crippen LogP contribution is -2.18. The fraction of sp³-hybridized carbons (Fsp3) is 0.152. The van der Waals surface area contributed by atoms with Crippen molar-refractivity contribution in [1.29, 1.82) is 0 Å². The molecule has 0 amide bonds. The standard InChI is InChI=1S/C33H24O8/c1-33(2,21-5-9-23(10-6-21)38-17-19-3-13-25-27(15-19)31(36)40-29(25)34)22-7-11-24(12-8-22)39-18-20-4-14-26-28(16-20)32(37)41-30(26)35/h3-16H,17-18H2,1-2H3. The van der Waals surface area contributed by atoms with Crippen LogP contribution in [-0.2, 0) is 28.1 Å². The van der Waals surface area contributed by atoms with Gasteiger partial charge in [-0.3, -0.25) is 0 Å². The van der Waals surface area contributed by atoms with E-state index in [1.54, 1.807) is 36.4 Å². The van der Waals surface area contributed by atoms with E-state index >= 15 is 0 Å². The first-order valence-electron chi connectivity index (χ1n) is 12.9. The van der Waals surface area contributed by atoms with E-state index in [1.807, 2.05) is 48.5 Å². The van der Waals surface area contributed by atoms with Crippen LogP contribution < -0.4 is 9.47 Å². The fourth-order valence-electron chi connectivity index (χ4n) is 4.88. The molecule has 0 aliphatic carbocycles. The van der Waals surface area contributed by atoms with Gasteiger partial charge < -0.3 is 18.9 Å². The summed E-state index contributed by atoms with van der Waals surface area (Å²) in [6, 6.07) is 25.6. The summed E-state index contributed by atoms with van der Waals surface area (Å²) in [5, 5.41) is 0.